The van der Waals surface area contributed by atoms with Gasteiger partial charge in [-0.15, -0.1) is 0 Å². The maximum absolute atomic E-state index is 12.6. The SMILES string of the molecule is CCN1CC(C(=O)N2CCCCCC2CO)CC1=O. The number of aliphatic hydroxyl groups excluding tert-OH is 1. The molecule has 0 saturated carbocycles. The molecule has 2 saturated heterocycles. The molecule has 2 heterocycles. The van der Waals surface area contributed by atoms with Gasteiger partial charge in [0.1, 0.15) is 0 Å². The van der Waals surface area contributed by atoms with E-state index in [0.29, 0.717) is 19.5 Å². The van der Waals surface area contributed by atoms with Crippen molar-refractivity contribution in [2.45, 2.75) is 45.1 Å². The van der Waals surface area contributed by atoms with Crippen LogP contribution < -0.4 is 0 Å². The molecule has 2 fully saturated rings. The molecule has 2 unspecified atom stereocenters. The minimum atomic E-state index is -0.209. The van der Waals surface area contributed by atoms with Crippen LogP contribution in [0.1, 0.15) is 39.0 Å². The van der Waals surface area contributed by atoms with Gasteiger partial charge in [0.2, 0.25) is 11.8 Å². The molecule has 0 aliphatic carbocycles. The average molecular weight is 268 g/mol. The number of carbonyl (C=O) groups excluding carboxylic acids is 2. The third-order valence-electron chi connectivity index (χ3n) is 4.32. The first-order valence-corrected chi connectivity index (χ1v) is 7.36. The highest BCUT2D eigenvalue weighted by Gasteiger charge is 2.37. The molecule has 2 aliphatic rings. The van der Waals surface area contributed by atoms with Gasteiger partial charge in [0, 0.05) is 26.1 Å². The highest BCUT2D eigenvalue weighted by atomic mass is 16.3. The van der Waals surface area contributed by atoms with Crippen LogP contribution in [0.5, 0.6) is 0 Å². The summed E-state index contributed by atoms with van der Waals surface area (Å²) in [5.41, 5.74) is 0. The quantitative estimate of drug-likeness (QED) is 0.816. The van der Waals surface area contributed by atoms with Gasteiger partial charge in [0.15, 0.2) is 0 Å². The van der Waals surface area contributed by atoms with Crippen molar-refractivity contribution in [3.8, 4) is 0 Å². The molecule has 0 spiro atoms. The van der Waals surface area contributed by atoms with Gasteiger partial charge in [-0.3, -0.25) is 9.59 Å². The van der Waals surface area contributed by atoms with Gasteiger partial charge in [0.25, 0.3) is 0 Å². The van der Waals surface area contributed by atoms with E-state index in [1.54, 1.807) is 4.90 Å². The van der Waals surface area contributed by atoms with E-state index in [4.69, 9.17) is 0 Å². The van der Waals surface area contributed by atoms with Crippen LogP contribution in [0.25, 0.3) is 0 Å². The zero-order valence-electron chi connectivity index (χ0n) is 11.7. The van der Waals surface area contributed by atoms with Crippen LogP contribution in [-0.2, 0) is 9.59 Å². The Morgan fingerprint density at radius 3 is 2.79 bits per heavy atom. The van der Waals surface area contributed by atoms with E-state index in [1.165, 1.54) is 0 Å². The monoisotopic (exact) mass is 268 g/mol. The molecule has 0 aromatic carbocycles. The summed E-state index contributed by atoms with van der Waals surface area (Å²) in [4.78, 5) is 27.9. The molecule has 2 atom stereocenters. The highest BCUT2D eigenvalue weighted by Crippen LogP contribution is 2.24. The van der Waals surface area contributed by atoms with Crippen molar-refractivity contribution < 1.29 is 14.7 Å². The second-order valence-electron chi connectivity index (χ2n) is 5.55. The zero-order valence-corrected chi connectivity index (χ0v) is 11.7. The van der Waals surface area contributed by atoms with E-state index in [-0.39, 0.29) is 30.4 Å². The molecule has 5 nitrogen and oxygen atoms in total. The smallest absolute Gasteiger partial charge is 0.228 e. The number of hydrogen-bond acceptors (Lipinski definition) is 3. The van der Waals surface area contributed by atoms with Gasteiger partial charge in [0.05, 0.1) is 18.6 Å². The Bertz CT molecular complexity index is 346. The molecular formula is C14H24N2O3. The maximum Gasteiger partial charge on any atom is 0.228 e. The maximum atomic E-state index is 12.6. The first kappa shape index (κ1) is 14.3. The van der Waals surface area contributed by atoms with E-state index in [1.807, 2.05) is 11.8 Å². The Labute approximate surface area is 114 Å². The lowest BCUT2D eigenvalue weighted by atomic mass is 10.0. The Hall–Kier alpha value is -1.10. The van der Waals surface area contributed by atoms with Crippen molar-refractivity contribution in [3.05, 3.63) is 0 Å². The lowest BCUT2D eigenvalue weighted by molar-refractivity contribution is -0.138. The van der Waals surface area contributed by atoms with Crippen LogP contribution in [0, 0.1) is 5.92 Å². The Morgan fingerprint density at radius 2 is 2.16 bits per heavy atom. The first-order chi connectivity index (χ1) is 9.17. The summed E-state index contributed by atoms with van der Waals surface area (Å²) >= 11 is 0. The average Bonchev–Trinajstić information content (AvgIpc) is 2.64. The summed E-state index contributed by atoms with van der Waals surface area (Å²) in [6, 6.07) is -0.0548. The van der Waals surface area contributed by atoms with Crippen molar-refractivity contribution in [3.63, 3.8) is 0 Å². The largest absolute Gasteiger partial charge is 0.394 e. The summed E-state index contributed by atoms with van der Waals surface area (Å²) in [5.74, 6) is -0.0685. The molecular weight excluding hydrogens is 244 g/mol. The molecule has 0 aromatic rings. The van der Waals surface area contributed by atoms with E-state index in [9.17, 15) is 14.7 Å². The number of rotatable bonds is 3. The molecule has 5 heteroatoms. The molecule has 2 amide bonds. The fourth-order valence-corrected chi connectivity index (χ4v) is 3.13. The van der Waals surface area contributed by atoms with Crippen LogP contribution in [0.4, 0.5) is 0 Å². The summed E-state index contributed by atoms with van der Waals surface area (Å²) in [7, 11) is 0. The van der Waals surface area contributed by atoms with E-state index >= 15 is 0 Å². The number of carbonyl (C=O) groups is 2. The molecule has 19 heavy (non-hydrogen) atoms. The molecule has 0 radical (unpaired) electrons. The van der Waals surface area contributed by atoms with Crippen LogP contribution in [-0.4, -0.2) is 59.0 Å². The van der Waals surface area contributed by atoms with Gasteiger partial charge >= 0.3 is 0 Å². The Morgan fingerprint density at radius 1 is 1.37 bits per heavy atom. The third-order valence-corrected chi connectivity index (χ3v) is 4.32. The van der Waals surface area contributed by atoms with Crippen LogP contribution in [0.3, 0.4) is 0 Å². The number of aliphatic hydroxyl groups is 1. The van der Waals surface area contributed by atoms with Crippen molar-refractivity contribution >= 4 is 11.8 Å². The number of amides is 2. The normalized spacial score (nSPS) is 28.6. The van der Waals surface area contributed by atoms with Crippen molar-refractivity contribution in [1.29, 1.82) is 0 Å². The number of hydrogen-bond donors (Lipinski definition) is 1. The summed E-state index contributed by atoms with van der Waals surface area (Å²) < 4.78 is 0. The fraction of sp³-hybridized carbons (Fsp3) is 0.857. The summed E-state index contributed by atoms with van der Waals surface area (Å²) in [6.45, 7) is 3.91. The lowest BCUT2D eigenvalue weighted by Crippen LogP contribution is -2.45. The minimum absolute atomic E-state index is 0.0316. The summed E-state index contributed by atoms with van der Waals surface area (Å²) in [5, 5.41) is 9.46. The molecule has 1 N–H and O–H groups in total. The Kier molecular flexibility index (Phi) is 4.80. The minimum Gasteiger partial charge on any atom is -0.394 e. The second kappa shape index (κ2) is 6.37. The molecule has 2 aliphatic heterocycles. The molecule has 2 rings (SSSR count). The fourth-order valence-electron chi connectivity index (χ4n) is 3.13. The van der Waals surface area contributed by atoms with Crippen molar-refractivity contribution in [1.82, 2.24) is 9.80 Å². The van der Waals surface area contributed by atoms with Crippen molar-refractivity contribution in [2.75, 3.05) is 26.2 Å². The van der Waals surface area contributed by atoms with Gasteiger partial charge in [-0.05, 0) is 19.8 Å². The third kappa shape index (κ3) is 3.08. The zero-order chi connectivity index (χ0) is 13.8. The lowest BCUT2D eigenvalue weighted by Gasteiger charge is -2.30. The van der Waals surface area contributed by atoms with E-state index in [2.05, 4.69) is 0 Å². The molecule has 108 valence electrons. The Balaban J connectivity index is 2.03. The first-order valence-electron chi connectivity index (χ1n) is 7.36. The van der Waals surface area contributed by atoms with Gasteiger partial charge in [-0.2, -0.15) is 0 Å². The topological polar surface area (TPSA) is 60.9 Å². The highest BCUT2D eigenvalue weighted by molar-refractivity contribution is 5.89. The second-order valence-corrected chi connectivity index (χ2v) is 5.55. The van der Waals surface area contributed by atoms with Gasteiger partial charge < -0.3 is 14.9 Å². The predicted molar refractivity (Wildman–Crippen MR) is 71.4 cm³/mol. The van der Waals surface area contributed by atoms with Crippen LogP contribution in [0.15, 0.2) is 0 Å². The molecule has 0 bridgehead atoms. The standard InChI is InChI=1S/C14H24N2O3/c1-2-15-9-11(8-13(15)18)14(19)16-7-5-3-4-6-12(16)10-17/h11-12,17H,2-10H2,1H3. The summed E-state index contributed by atoms with van der Waals surface area (Å²) in [6.07, 6.45) is 4.40. The van der Waals surface area contributed by atoms with Crippen LogP contribution in [0.2, 0.25) is 0 Å². The van der Waals surface area contributed by atoms with Crippen molar-refractivity contribution in [2.24, 2.45) is 5.92 Å². The number of likely N-dealkylation sites (tertiary alicyclic amines) is 2. The molecule has 0 aromatic heterocycles. The predicted octanol–water partition coefficient (Wildman–Crippen LogP) is 0.618. The van der Waals surface area contributed by atoms with E-state index in [0.717, 1.165) is 32.2 Å². The number of nitrogens with zero attached hydrogens (tertiary/aromatic N) is 2. The van der Waals surface area contributed by atoms with E-state index < -0.39 is 0 Å². The van der Waals surface area contributed by atoms with Crippen LogP contribution >= 0.6 is 0 Å². The van der Waals surface area contributed by atoms with Gasteiger partial charge in [-0.1, -0.05) is 12.8 Å². The van der Waals surface area contributed by atoms with Gasteiger partial charge in [-0.25, -0.2) is 0 Å².